The second kappa shape index (κ2) is 3.70. The molecule has 15 heavy (non-hydrogen) atoms. The minimum atomic E-state index is -0.931. The van der Waals surface area contributed by atoms with Gasteiger partial charge in [0.05, 0.1) is 6.04 Å². The summed E-state index contributed by atoms with van der Waals surface area (Å²) >= 11 is 0. The smallest absolute Gasteiger partial charge is 0.195 e. The number of halogens is 2. The maximum Gasteiger partial charge on any atom is 0.195 e. The lowest BCUT2D eigenvalue weighted by molar-refractivity contribution is 0.572. The highest BCUT2D eigenvalue weighted by atomic mass is 19.1. The first-order valence-corrected chi connectivity index (χ1v) is 4.12. The van der Waals surface area contributed by atoms with E-state index in [9.17, 15) is 8.78 Å². The average Bonchev–Trinajstić information content (AvgIpc) is 2.74. The van der Waals surface area contributed by atoms with Crippen LogP contribution in [0.3, 0.4) is 0 Å². The standard InChI is InChI=1S/C8H7F2N5/c9-4-1-2-6(10)5(3-4)7(11)8-12-14-15-13-8/h1-3,7H,11H2,(H,12,13,14,15)/t7-/m0/s1. The predicted octanol–water partition coefficient (Wildman–Crippen LogP) is 0.526. The van der Waals surface area contributed by atoms with Gasteiger partial charge in [-0.25, -0.2) is 8.78 Å². The van der Waals surface area contributed by atoms with Crippen LogP contribution in [0.1, 0.15) is 17.4 Å². The summed E-state index contributed by atoms with van der Waals surface area (Å²) in [6, 6.07) is 2.10. The van der Waals surface area contributed by atoms with Crippen molar-refractivity contribution in [1.29, 1.82) is 0 Å². The van der Waals surface area contributed by atoms with Crippen molar-refractivity contribution in [2.75, 3.05) is 0 Å². The summed E-state index contributed by atoms with van der Waals surface area (Å²) < 4.78 is 26.1. The average molecular weight is 211 g/mol. The molecule has 0 saturated carbocycles. The molecular formula is C8H7F2N5. The van der Waals surface area contributed by atoms with Gasteiger partial charge in [0.1, 0.15) is 11.6 Å². The molecule has 5 nitrogen and oxygen atoms in total. The Morgan fingerprint density at radius 3 is 2.80 bits per heavy atom. The van der Waals surface area contributed by atoms with Crippen molar-refractivity contribution in [2.45, 2.75) is 6.04 Å². The van der Waals surface area contributed by atoms with Gasteiger partial charge in [-0.1, -0.05) is 5.21 Å². The number of aromatic nitrogens is 4. The number of aromatic amines is 1. The van der Waals surface area contributed by atoms with Crippen LogP contribution in [0, 0.1) is 11.6 Å². The minimum absolute atomic E-state index is 0.00333. The van der Waals surface area contributed by atoms with Gasteiger partial charge < -0.3 is 5.73 Å². The predicted molar refractivity (Wildman–Crippen MR) is 46.6 cm³/mol. The van der Waals surface area contributed by atoms with Crippen LogP contribution < -0.4 is 5.73 Å². The number of nitrogens with one attached hydrogen (secondary N) is 1. The molecule has 0 aliphatic carbocycles. The zero-order valence-corrected chi connectivity index (χ0v) is 7.48. The van der Waals surface area contributed by atoms with Crippen LogP contribution in [0.2, 0.25) is 0 Å². The molecule has 0 amide bonds. The molecule has 0 aliphatic rings. The number of nitrogens with two attached hydrogens (primary N) is 1. The molecule has 0 radical (unpaired) electrons. The van der Waals surface area contributed by atoms with E-state index in [0.717, 1.165) is 18.2 Å². The van der Waals surface area contributed by atoms with Crippen LogP contribution in [0.5, 0.6) is 0 Å². The van der Waals surface area contributed by atoms with E-state index in [1.807, 2.05) is 0 Å². The van der Waals surface area contributed by atoms with Crippen molar-refractivity contribution in [3.63, 3.8) is 0 Å². The molecule has 1 aromatic heterocycles. The summed E-state index contributed by atoms with van der Waals surface area (Å²) in [6.45, 7) is 0. The third-order valence-corrected chi connectivity index (χ3v) is 1.93. The molecule has 0 saturated heterocycles. The molecular weight excluding hydrogens is 204 g/mol. The highest BCUT2D eigenvalue weighted by Crippen LogP contribution is 2.19. The van der Waals surface area contributed by atoms with E-state index >= 15 is 0 Å². The van der Waals surface area contributed by atoms with Crippen LogP contribution in [-0.4, -0.2) is 20.6 Å². The van der Waals surface area contributed by atoms with Gasteiger partial charge >= 0.3 is 0 Å². The van der Waals surface area contributed by atoms with Crippen LogP contribution in [0.15, 0.2) is 18.2 Å². The fourth-order valence-corrected chi connectivity index (χ4v) is 1.19. The van der Waals surface area contributed by atoms with Gasteiger partial charge in [-0.3, -0.25) is 0 Å². The highest BCUT2D eigenvalue weighted by molar-refractivity contribution is 5.26. The Kier molecular flexibility index (Phi) is 2.38. The fourth-order valence-electron chi connectivity index (χ4n) is 1.19. The van der Waals surface area contributed by atoms with Gasteiger partial charge in [0.25, 0.3) is 0 Å². The number of hydrogen-bond donors (Lipinski definition) is 2. The molecule has 0 aliphatic heterocycles. The van der Waals surface area contributed by atoms with Crippen LogP contribution in [0.4, 0.5) is 8.78 Å². The van der Waals surface area contributed by atoms with E-state index in [-0.39, 0.29) is 11.4 Å². The minimum Gasteiger partial charge on any atom is -0.317 e. The number of benzene rings is 1. The van der Waals surface area contributed by atoms with E-state index in [2.05, 4.69) is 20.6 Å². The summed E-state index contributed by atoms with van der Waals surface area (Å²) in [5, 5.41) is 12.7. The van der Waals surface area contributed by atoms with Gasteiger partial charge in [-0.15, -0.1) is 10.2 Å². The summed E-state index contributed by atoms with van der Waals surface area (Å²) in [5.41, 5.74) is 5.64. The molecule has 2 rings (SSSR count). The maximum absolute atomic E-state index is 13.3. The molecule has 0 bridgehead atoms. The zero-order valence-electron chi connectivity index (χ0n) is 7.48. The number of hydrogen-bond acceptors (Lipinski definition) is 4. The molecule has 1 aromatic carbocycles. The molecule has 1 atom stereocenters. The monoisotopic (exact) mass is 211 g/mol. The van der Waals surface area contributed by atoms with Crippen molar-refractivity contribution in [1.82, 2.24) is 20.6 Å². The Hall–Kier alpha value is -1.89. The largest absolute Gasteiger partial charge is 0.317 e. The van der Waals surface area contributed by atoms with Gasteiger partial charge in [0.2, 0.25) is 0 Å². The zero-order chi connectivity index (χ0) is 10.8. The second-order valence-electron chi connectivity index (χ2n) is 2.91. The first kappa shape index (κ1) is 9.66. The number of tetrazole rings is 1. The molecule has 0 unspecified atom stereocenters. The number of rotatable bonds is 2. The second-order valence-corrected chi connectivity index (χ2v) is 2.91. The normalized spacial score (nSPS) is 12.7. The maximum atomic E-state index is 13.3. The summed E-state index contributed by atoms with van der Waals surface area (Å²) in [4.78, 5) is 0. The van der Waals surface area contributed by atoms with Crippen LogP contribution in [-0.2, 0) is 0 Å². The molecule has 0 fully saturated rings. The quantitative estimate of drug-likeness (QED) is 0.759. The van der Waals surface area contributed by atoms with Crippen molar-refractivity contribution in [2.24, 2.45) is 5.73 Å². The molecule has 7 heteroatoms. The lowest BCUT2D eigenvalue weighted by Gasteiger charge is -2.08. The van der Waals surface area contributed by atoms with E-state index in [4.69, 9.17) is 5.73 Å². The topological polar surface area (TPSA) is 80.5 Å². The number of nitrogens with zero attached hydrogens (tertiary/aromatic N) is 3. The first-order valence-electron chi connectivity index (χ1n) is 4.12. The van der Waals surface area contributed by atoms with Gasteiger partial charge in [-0.05, 0) is 18.2 Å². The lowest BCUT2D eigenvalue weighted by Crippen LogP contribution is -2.15. The summed E-state index contributed by atoms with van der Waals surface area (Å²) in [7, 11) is 0. The van der Waals surface area contributed by atoms with Crippen molar-refractivity contribution in [3.8, 4) is 0 Å². The lowest BCUT2D eigenvalue weighted by atomic mass is 10.1. The molecule has 78 valence electrons. The van der Waals surface area contributed by atoms with Crippen LogP contribution >= 0.6 is 0 Å². The van der Waals surface area contributed by atoms with E-state index < -0.39 is 17.7 Å². The van der Waals surface area contributed by atoms with E-state index in [1.54, 1.807) is 0 Å². The molecule has 3 N–H and O–H groups in total. The van der Waals surface area contributed by atoms with Crippen LogP contribution in [0.25, 0.3) is 0 Å². The number of H-pyrrole nitrogens is 1. The van der Waals surface area contributed by atoms with Crippen molar-refractivity contribution < 1.29 is 8.78 Å². The Labute approximate surface area is 83.3 Å². The van der Waals surface area contributed by atoms with Crippen molar-refractivity contribution >= 4 is 0 Å². The van der Waals surface area contributed by atoms with Crippen molar-refractivity contribution in [3.05, 3.63) is 41.2 Å². The molecule has 0 spiro atoms. The van der Waals surface area contributed by atoms with Gasteiger partial charge in [0.15, 0.2) is 5.82 Å². The van der Waals surface area contributed by atoms with E-state index in [0.29, 0.717) is 0 Å². The Bertz CT molecular complexity index is 456. The van der Waals surface area contributed by atoms with E-state index in [1.165, 1.54) is 0 Å². The molecule has 2 aromatic rings. The Morgan fingerprint density at radius 2 is 2.13 bits per heavy atom. The highest BCUT2D eigenvalue weighted by Gasteiger charge is 2.17. The third kappa shape index (κ3) is 1.82. The van der Waals surface area contributed by atoms with Gasteiger partial charge in [0, 0.05) is 5.56 Å². The Balaban J connectivity index is 2.41. The Morgan fingerprint density at radius 1 is 1.33 bits per heavy atom. The third-order valence-electron chi connectivity index (χ3n) is 1.93. The fraction of sp³-hybridized carbons (Fsp3) is 0.125. The SMILES string of the molecule is N[C@H](c1nn[nH]n1)c1cc(F)ccc1F. The summed E-state index contributed by atoms with van der Waals surface area (Å²) in [5.74, 6) is -1.06. The summed E-state index contributed by atoms with van der Waals surface area (Å²) in [6.07, 6.45) is 0. The van der Waals surface area contributed by atoms with Gasteiger partial charge in [-0.2, -0.15) is 5.21 Å². The molecule has 1 heterocycles. The first-order chi connectivity index (χ1) is 7.18.